The second-order valence-corrected chi connectivity index (χ2v) is 18.0. The van der Waals surface area contributed by atoms with Gasteiger partial charge >= 0.3 is 19.8 Å². The number of carbonyl (C=O) groups excluding carboxylic acids is 2. The van der Waals surface area contributed by atoms with Crippen LogP contribution in [-0.4, -0.2) is 41.0 Å². The topological polar surface area (TPSA) is 119 Å². The summed E-state index contributed by atoms with van der Waals surface area (Å²) in [6, 6.07) is 0. The van der Waals surface area contributed by atoms with E-state index in [1.807, 2.05) is 0 Å². The fraction of sp³-hybridized carbons (Fsp3) is 0.878. The van der Waals surface area contributed by atoms with Crippen molar-refractivity contribution in [3.63, 3.8) is 0 Å². The number of ether oxygens (including phenoxy) is 2. The normalized spacial score (nSPS) is 12.6. The van der Waals surface area contributed by atoms with Crippen molar-refractivity contribution in [1.82, 2.24) is 0 Å². The molecule has 58 heavy (non-hydrogen) atoms. The van der Waals surface area contributed by atoms with Crippen molar-refractivity contribution in [2.75, 3.05) is 13.2 Å². The molecule has 0 bridgehead atoms. The molecule has 0 amide bonds. The van der Waals surface area contributed by atoms with Gasteiger partial charge in [0.15, 0.2) is 6.10 Å². The predicted octanol–water partition coefficient (Wildman–Crippen LogP) is 15.5. The molecule has 0 heterocycles. The van der Waals surface area contributed by atoms with Crippen LogP contribution in [0.25, 0.3) is 0 Å². The van der Waals surface area contributed by atoms with E-state index in [0.717, 1.165) is 38.5 Å². The van der Waals surface area contributed by atoms with Gasteiger partial charge in [0.05, 0.1) is 6.61 Å². The number of phosphoric ester groups is 1. The lowest BCUT2D eigenvalue weighted by molar-refractivity contribution is -0.161. The zero-order valence-corrected chi connectivity index (χ0v) is 38.9. The molecule has 0 aromatic heterocycles. The van der Waals surface area contributed by atoms with Gasteiger partial charge in [-0.1, -0.05) is 212 Å². The summed E-state index contributed by atoms with van der Waals surface area (Å²) in [6.45, 7) is 3.70. The summed E-state index contributed by atoms with van der Waals surface area (Å²) in [4.78, 5) is 43.0. The molecule has 0 saturated carbocycles. The molecule has 0 radical (unpaired) electrons. The molecule has 0 fully saturated rings. The Balaban J connectivity index is 3.83. The summed E-state index contributed by atoms with van der Waals surface area (Å²) in [5, 5.41) is 0. The van der Waals surface area contributed by atoms with Crippen molar-refractivity contribution >= 4 is 19.8 Å². The highest BCUT2D eigenvalue weighted by Crippen LogP contribution is 2.36. The van der Waals surface area contributed by atoms with E-state index >= 15 is 0 Å². The summed E-state index contributed by atoms with van der Waals surface area (Å²) in [7, 11) is -4.76. The third kappa shape index (κ3) is 47.2. The van der Waals surface area contributed by atoms with Gasteiger partial charge in [-0.3, -0.25) is 14.1 Å². The van der Waals surface area contributed by atoms with Crippen molar-refractivity contribution in [3.05, 3.63) is 24.3 Å². The molecule has 0 aromatic rings. The van der Waals surface area contributed by atoms with Crippen molar-refractivity contribution in [3.8, 4) is 0 Å². The van der Waals surface area contributed by atoms with Crippen molar-refractivity contribution in [2.24, 2.45) is 0 Å². The summed E-state index contributed by atoms with van der Waals surface area (Å²) < 4.78 is 26.5. The molecule has 8 nitrogen and oxygen atoms in total. The third-order valence-corrected chi connectivity index (χ3v) is 11.4. The Morgan fingerprint density at radius 2 is 0.741 bits per heavy atom. The molecular weight excluding hydrogens is 748 g/mol. The Bertz CT molecular complexity index is 993. The molecule has 1 atom stereocenters. The molecular formula is C49H93O8P. The summed E-state index contributed by atoms with van der Waals surface area (Å²) >= 11 is 0. The Labute approximate surface area is 358 Å². The smallest absolute Gasteiger partial charge is 0.462 e. The monoisotopic (exact) mass is 841 g/mol. The molecule has 0 aliphatic rings. The van der Waals surface area contributed by atoms with Gasteiger partial charge in [-0.25, -0.2) is 4.57 Å². The number of esters is 2. The minimum Gasteiger partial charge on any atom is -0.462 e. The Hall–Kier alpha value is -1.47. The lowest BCUT2D eigenvalue weighted by Gasteiger charge is -2.18. The van der Waals surface area contributed by atoms with E-state index in [9.17, 15) is 14.2 Å². The molecule has 0 aromatic carbocycles. The number of unbranched alkanes of at least 4 members (excludes halogenated alkanes) is 32. The van der Waals surface area contributed by atoms with Gasteiger partial charge in [0.1, 0.15) is 6.61 Å². The van der Waals surface area contributed by atoms with E-state index in [1.165, 1.54) is 180 Å². The van der Waals surface area contributed by atoms with Crippen LogP contribution in [0.15, 0.2) is 24.3 Å². The zero-order chi connectivity index (χ0) is 42.5. The predicted molar refractivity (Wildman–Crippen MR) is 244 cm³/mol. The van der Waals surface area contributed by atoms with Crippen LogP contribution >= 0.6 is 7.82 Å². The quantitative estimate of drug-likeness (QED) is 0.0269. The van der Waals surface area contributed by atoms with Crippen LogP contribution in [0.1, 0.15) is 258 Å². The maximum absolute atomic E-state index is 12.4. The average molecular weight is 841 g/mol. The van der Waals surface area contributed by atoms with Gasteiger partial charge in [-0.2, -0.15) is 0 Å². The van der Waals surface area contributed by atoms with Gasteiger partial charge < -0.3 is 19.3 Å². The first kappa shape index (κ1) is 56.5. The van der Waals surface area contributed by atoms with Crippen LogP contribution in [-0.2, 0) is 28.2 Å². The molecule has 342 valence electrons. The van der Waals surface area contributed by atoms with Gasteiger partial charge in [0.25, 0.3) is 0 Å². The van der Waals surface area contributed by atoms with Crippen molar-refractivity contribution < 1.29 is 37.9 Å². The summed E-state index contributed by atoms with van der Waals surface area (Å²) in [5.74, 6) is -0.915. The van der Waals surface area contributed by atoms with Crippen LogP contribution in [0.3, 0.4) is 0 Å². The van der Waals surface area contributed by atoms with Crippen molar-refractivity contribution in [2.45, 2.75) is 264 Å². The van der Waals surface area contributed by atoms with E-state index in [-0.39, 0.29) is 19.4 Å². The minimum atomic E-state index is -4.76. The lowest BCUT2D eigenvalue weighted by atomic mass is 10.0. The van der Waals surface area contributed by atoms with E-state index < -0.39 is 32.5 Å². The van der Waals surface area contributed by atoms with Gasteiger partial charge in [0, 0.05) is 12.8 Å². The maximum Gasteiger partial charge on any atom is 0.469 e. The largest absolute Gasteiger partial charge is 0.469 e. The zero-order valence-electron chi connectivity index (χ0n) is 38.0. The van der Waals surface area contributed by atoms with Crippen LogP contribution in [0, 0.1) is 0 Å². The number of hydrogen-bond donors (Lipinski definition) is 2. The Morgan fingerprint density at radius 3 is 1.10 bits per heavy atom. The standard InChI is InChI=1S/C49H93O8P/c1-3-5-7-9-11-13-15-17-19-21-22-23-24-25-26-28-29-31-33-35-37-39-41-43-48(50)55-45-47(46-56-58(52,53)54)57-49(51)44-42-40-38-36-34-32-30-27-20-18-16-14-12-10-8-6-4-2/h18,20,35,37,47H,3-17,19,21-34,36,38-46H2,1-2H3,(H2,52,53,54)/b20-18+,37-35+/t47-/m1/s1. The molecule has 9 heteroatoms. The molecule has 0 saturated heterocycles. The van der Waals surface area contributed by atoms with Gasteiger partial charge in [-0.15, -0.1) is 0 Å². The average Bonchev–Trinajstić information content (AvgIpc) is 3.20. The fourth-order valence-electron chi connectivity index (χ4n) is 7.26. The number of rotatable bonds is 46. The van der Waals surface area contributed by atoms with Crippen LogP contribution < -0.4 is 0 Å². The molecule has 2 N–H and O–H groups in total. The van der Waals surface area contributed by atoms with Crippen LogP contribution in [0.2, 0.25) is 0 Å². The van der Waals surface area contributed by atoms with Gasteiger partial charge in [-0.05, 0) is 57.8 Å². The van der Waals surface area contributed by atoms with Crippen molar-refractivity contribution in [1.29, 1.82) is 0 Å². The highest BCUT2D eigenvalue weighted by atomic mass is 31.2. The van der Waals surface area contributed by atoms with E-state index in [4.69, 9.17) is 19.3 Å². The Morgan fingerprint density at radius 1 is 0.431 bits per heavy atom. The summed E-state index contributed by atoms with van der Waals surface area (Å²) in [5.41, 5.74) is 0. The Kier molecular flexibility index (Phi) is 43.9. The first-order valence-corrected chi connectivity index (χ1v) is 26.2. The van der Waals surface area contributed by atoms with E-state index in [2.05, 4.69) is 42.7 Å². The van der Waals surface area contributed by atoms with E-state index in [0.29, 0.717) is 12.8 Å². The van der Waals surface area contributed by atoms with E-state index in [1.54, 1.807) is 0 Å². The number of carbonyl (C=O) groups is 2. The molecule has 0 unspecified atom stereocenters. The first-order chi connectivity index (χ1) is 28.3. The van der Waals surface area contributed by atoms with Crippen LogP contribution in [0.4, 0.5) is 0 Å². The highest BCUT2D eigenvalue weighted by molar-refractivity contribution is 7.46. The second kappa shape index (κ2) is 45.1. The SMILES string of the molecule is CCCCCCCC/C=C/CCCCCCCCCC(=O)O[C@H](COC(=O)CCC/C=C/CCCCCCCCCCCCCCCCCCCC)COP(=O)(O)O. The number of allylic oxidation sites excluding steroid dienone is 4. The highest BCUT2D eigenvalue weighted by Gasteiger charge is 2.22. The second-order valence-electron chi connectivity index (χ2n) is 16.8. The van der Waals surface area contributed by atoms with Crippen LogP contribution in [0.5, 0.6) is 0 Å². The van der Waals surface area contributed by atoms with Gasteiger partial charge in [0.2, 0.25) is 0 Å². The maximum atomic E-state index is 12.4. The number of hydrogen-bond acceptors (Lipinski definition) is 6. The molecule has 0 spiro atoms. The molecule has 0 rings (SSSR count). The molecule has 0 aliphatic carbocycles. The fourth-order valence-corrected chi connectivity index (χ4v) is 7.62. The number of phosphoric acid groups is 1. The first-order valence-electron chi connectivity index (χ1n) is 24.6. The molecule has 0 aliphatic heterocycles. The third-order valence-electron chi connectivity index (χ3n) is 10.9. The summed E-state index contributed by atoms with van der Waals surface area (Å²) in [6.07, 6.45) is 53.5. The minimum absolute atomic E-state index is 0.204. The lowest BCUT2D eigenvalue weighted by Crippen LogP contribution is -2.29.